The first-order valence-electron chi connectivity index (χ1n) is 8.88. The predicted molar refractivity (Wildman–Crippen MR) is 110 cm³/mol. The quantitative estimate of drug-likeness (QED) is 0.478. The maximum absolute atomic E-state index is 12.0. The van der Waals surface area contributed by atoms with Crippen LogP contribution < -0.4 is 21.6 Å². The predicted octanol–water partition coefficient (Wildman–Crippen LogP) is 2.91. The van der Waals surface area contributed by atoms with Crippen LogP contribution in [0.25, 0.3) is 11.0 Å². The lowest BCUT2D eigenvalue weighted by Crippen LogP contribution is -2.35. The number of hydrogen-bond donors (Lipinski definition) is 5. The summed E-state index contributed by atoms with van der Waals surface area (Å²) in [6.45, 7) is 6.16. The fourth-order valence-electron chi connectivity index (χ4n) is 2.70. The van der Waals surface area contributed by atoms with Crippen LogP contribution in [0.2, 0.25) is 0 Å². The van der Waals surface area contributed by atoms with E-state index >= 15 is 0 Å². The number of hydrogen-bond acceptors (Lipinski definition) is 3. The molecular formula is C20H23N5O3. The van der Waals surface area contributed by atoms with Gasteiger partial charge in [0.05, 0.1) is 17.6 Å². The van der Waals surface area contributed by atoms with Crippen LogP contribution in [-0.4, -0.2) is 28.5 Å². The van der Waals surface area contributed by atoms with Gasteiger partial charge >= 0.3 is 11.7 Å². The molecule has 0 spiro atoms. The number of fused-ring (bicyclic) bond motifs is 1. The zero-order chi connectivity index (χ0) is 20.3. The van der Waals surface area contributed by atoms with Gasteiger partial charge in [0, 0.05) is 11.4 Å². The van der Waals surface area contributed by atoms with E-state index in [2.05, 4.69) is 46.7 Å². The highest BCUT2D eigenvalue weighted by Crippen LogP contribution is 2.23. The van der Waals surface area contributed by atoms with E-state index in [0.29, 0.717) is 22.4 Å². The van der Waals surface area contributed by atoms with Gasteiger partial charge in [-0.1, -0.05) is 32.9 Å². The van der Waals surface area contributed by atoms with Crippen LogP contribution in [-0.2, 0) is 10.2 Å². The summed E-state index contributed by atoms with van der Waals surface area (Å²) in [5, 5.41) is 7.87. The molecule has 8 nitrogen and oxygen atoms in total. The van der Waals surface area contributed by atoms with E-state index in [9.17, 15) is 14.4 Å². The molecule has 0 radical (unpaired) electrons. The van der Waals surface area contributed by atoms with Crippen molar-refractivity contribution < 1.29 is 9.59 Å². The van der Waals surface area contributed by atoms with Gasteiger partial charge in [0.1, 0.15) is 0 Å². The van der Waals surface area contributed by atoms with Gasteiger partial charge in [-0.2, -0.15) is 0 Å². The molecule has 0 aliphatic rings. The minimum Gasteiger partial charge on any atom is -0.329 e. The first-order valence-corrected chi connectivity index (χ1v) is 8.88. The molecule has 5 N–H and O–H groups in total. The molecule has 0 saturated carbocycles. The van der Waals surface area contributed by atoms with Crippen molar-refractivity contribution >= 4 is 34.3 Å². The molecule has 3 aromatic rings. The monoisotopic (exact) mass is 381 g/mol. The van der Waals surface area contributed by atoms with Gasteiger partial charge in [-0.15, -0.1) is 0 Å². The smallest absolute Gasteiger partial charge is 0.323 e. The van der Waals surface area contributed by atoms with E-state index in [-0.39, 0.29) is 23.6 Å². The lowest BCUT2D eigenvalue weighted by molar-refractivity contribution is -0.115. The van der Waals surface area contributed by atoms with Crippen molar-refractivity contribution in [2.45, 2.75) is 26.2 Å². The van der Waals surface area contributed by atoms with Gasteiger partial charge < -0.3 is 25.9 Å². The van der Waals surface area contributed by atoms with E-state index in [1.807, 2.05) is 24.3 Å². The SMILES string of the molecule is CC(C)(C)c1ccc(NC(=O)NCC(=O)Nc2ccc3[nH]c(=O)[nH]c3c2)cc1. The van der Waals surface area contributed by atoms with E-state index < -0.39 is 6.03 Å². The Bertz CT molecular complexity index is 1060. The number of carbonyl (C=O) groups excluding carboxylic acids is 2. The van der Waals surface area contributed by atoms with Crippen LogP contribution >= 0.6 is 0 Å². The largest absolute Gasteiger partial charge is 0.329 e. The molecule has 3 rings (SSSR count). The second-order valence-electron chi connectivity index (χ2n) is 7.52. The number of imidazole rings is 1. The number of rotatable bonds is 4. The van der Waals surface area contributed by atoms with Crippen molar-refractivity contribution in [2.75, 3.05) is 17.2 Å². The van der Waals surface area contributed by atoms with Gasteiger partial charge in [0.15, 0.2) is 0 Å². The number of anilines is 2. The third-order valence-electron chi connectivity index (χ3n) is 4.22. The van der Waals surface area contributed by atoms with Crippen LogP contribution in [0.3, 0.4) is 0 Å². The number of carbonyl (C=O) groups is 2. The summed E-state index contributed by atoms with van der Waals surface area (Å²) in [4.78, 5) is 40.5. The Hall–Kier alpha value is -3.55. The molecule has 0 saturated heterocycles. The Kier molecular flexibility index (Phi) is 5.21. The molecule has 146 valence electrons. The number of urea groups is 1. The molecule has 2 aromatic carbocycles. The van der Waals surface area contributed by atoms with Crippen molar-refractivity contribution in [3.8, 4) is 0 Å². The van der Waals surface area contributed by atoms with Gasteiger partial charge in [-0.05, 0) is 41.3 Å². The zero-order valence-corrected chi connectivity index (χ0v) is 16.0. The normalized spacial score (nSPS) is 11.2. The minimum absolute atomic E-state index is 0.0370. The summed E-state index contributed by atoms with van der Waals surface area (Å²) in [6, 6.07) is 12.1. The highest BCUT2D eigenvalue weighted by Gasteiger charge is 2.13. The van der Waals surface area contributed by atoms with Crippen LogP contribution in [0.15, 0.2) is 47.3 Å². The summed E-state index contributed by atoms with van der Waals surface area (Å²) in [5.74, 6) is -0.379. The first kappa shape index (κ1) is 19.2. The number of nitrogens with one attached hydrogen (secondary N) is 5. The molecule has 28 heavy (non-hydrogen) atoms. The van der Waals surface area contributed by atoms with Crippen molar-refractivity contribution in [3.05, 3.63) is 58.5 Å². The second-order valence-corrected chi connectivity index (χ2v) is 7.52. The zero-order valence-electron chi connectivity index (χ0n) is 16.0. The summed E-state index contributed by atoms with van der Waals surface area (Å²) < 4.78 is 0. The van der Waals surface area contributed by atoms with Crippen molar-refractivity contribution in [2.24, 2.45) is 0 Å². The lowest BCUT2D eigenvalue weighted by Gasteiger charge is -2.19. The number of benzene rings is 2. The summed E-state index contributed by atoms with van der Waals surface area (Å²) in [5.41, 5.74) is 3.30. The van der Waals surface area contributed by atoms with E-state index in [0.717, 1.165) is 0 Å². The Morgan fingerprint density at radius 1 is 0.893 bits per heavy atom. The number of aromatic amines is 2. The molecule has 0 aliphatic carbocycles. The van der Waals surface area contributed by atoms with Gasteiger partial charge in [-0.25, -0.2) is 9.59 Å². The fraction of sp³-hybridized carbons (Fsp3) is 0.250. The molecule has 0 aliphatic heterocycles. The summed E-state index contributed by atoms with van der Waals surface area (Å²) in [6.07, 6.45) is 0. The maximum Gasteiger partial charge on any atom is 0.323 e. The van der Waals surface area contributed by atoms with E-state index in [1.54, 1.807) is 18.2 Å². The maximum atomic E-state index is 12.0. The van der Waals surface area contributed by atoms with Crippen LogP contribution in [0, 0.1) is 0 Å². The summed E-state index contributed by atoms with van der Waals surface area (Å²) in [7, 11) is 0. The molecule has 0 bridgehead atoms. The first-order chi connectivity index (χ1) is 13.2. The van der Waals surface area contributed by atoms with E-state index in [1.165, 1.54) is 5.56 Å². The Morgan fingerprint density at radius 2 is 1.54 bits per heavy atom. The number of aromatic nitrogens is 2. The van der Waals surface area contributed by atoms with Crippen molar-refractivity contribution in [1.82, 2.24) is 15.3 Å². The topological polar surface area (TPSA) is 119 Å². The second kappa shape index (κ2) is 7.59. The van der Waals surface area contributed by atoms with Crippen molar-refractivity contribution in [1.29, 1.82) is 0 Å². The number of amides is 3. The highest BCUT2D eigenvalue weighted by atomic mass is 16.2. The Balaban J connectivity index is 1.50. The molecule has 0 atom stereocenters. The molecule has 0 unspecified atom stereocenters. The van der Waals surface area contributed by atoms with E-state index in [4.69, 9.17) is 0 Å². The highest BCUT2D eigenvalue weighted by molar-refractivity contribution is 5.97. The molecule has 8 heteroatoms. The van der Waals surface area contributed by atoms with Gasteiger partial charge in [0.2, 0.25) is 5.91 Å². The van der Waals surface area contributed by atoms with Crippen molar-refractivity contribution in [3.63, 3.8) is 0 Å². The standard InChI is InChI=1S/C20H23N5O3/c1-20(2,3)12-4-6-13(7-5-12)23-18(27)21-11-17(26)22-14-8-9-15-16(10-14)25-19(28)24-15/h4-10H,11H2,1-3H3,(H,22,26)(H2,21,23,27)(H2,24,25,28). The average molecular weight is 381 g/mol. The molecule has 1 aromatic heterocycles. The van der Waals surface area contributed by atoms with Crippen LogP contribution in [0.1, 0.15) is 26.3 Å². The number of H-pyrrole nitrogens is 2. The Labute approximate surface area is 161 Å². The molecule has 3 amide bonds. The lowest BCUT2D eigenvalue weighted by atomic mass is 9.87. The van der Waals surface area contributed by atoms with Gasteiger partial charge in [0.25, 0.3) is 0 Å². The van der Waals surface area contributed by atoms with Crippen LogP contribution in [0.4, 0.5) is 16.2 Å². The minimum atomic E-state index is -0.468. The third-order valence-corrected chi connectivity index (χ3v) is 4.22. The summed E-state index contributed by atoms with van der Waals surface area (Å²) >= 11 is 0. The molecule has 0 fully saturated rings. The Morgan fingerprint density at radius 3 is 2.21 bits per heavy atom. The molecule has 1 heterocycles. The van der Waals surface area contributed by atoms with Crippen LogP contribution in [0.5, 0.6) is 0 Å². The molecular weight excluding hydrogens is 358 g/mol. The van der Waals surface area contributed by atoms with Gasteiger partial charge in [-0.3, -0.25) is 4.79 Å². The average Bonchev–Trinajstić information content (AvgIpc) is 2.99. The third kappa shape index (κ3) is 4.79. The fourth-order valence-corrected chi connectivity index (χ4v) is 2.70.